The molecule has 1 heterocycles. The second-order valence-electron chi connectivity index (χ2n) is 7.30. The molecule has 0 radical (unpaired) electrons. The number of nitrogens with one attached hydrogen (secondary N) is 1. The van der Waals surface area contributed by atoms with Gasteiger partial charge in [-0.25, -0.2) is 18.1 Å². The van der Waals surface area contributed by atoms with Crippen LogP contribution in [-0.2, 0) is 9.59 Å². The molecule has 1 aliphatic rings. The highest BCUT2D eigenvalue weighted by molar-refractivity contribution is 6.46. The molecule has 5 nitrogen and oxygen atoms in total. The number of imide groups is 1. The number of amides is 2. The van der Waals surface area contributed by atoms with E-state index in [9.17, 15) is 22.8 Å². The van der Waals surface area contributed by atoms with Gasteiger partial charge in [0.15, 0.2) is 11.6 Å². The predicted octanol–water partition coefficient (Wildman–Crippen LogP) is 5.29. The van der Waals surface area contributed by atoms with Gasteiger partial charge >= 0.3 is 0 Å². The third kappa shape index (κ3) is 4.45. The van der Waals surface area contributed by atoms with Gasteiger partial charge in [-0.05, 0) is 48.4 Å². The summed E-state index contributed by atoms with van der Waals surface area (Å²) in [6.07, 6.45) is 0.813. The van der Waals surface area contributed by atoms with Crippen molar-refractivity contribution in [3.8, 4) is 5.75 Å². The minimum Gasteiger partial charge on any atom is -0.494 e. The summed E-state index contributed by atoms with van der Waals surface area (Å²) >= 11 is 0. The predicted molar refractivity (Wildman–Crippen MR) is 118 cm³/mol. The molecule has 168 valence electrons. The minimum absolute atomic E-state index is 0.0235. The van der Waals surface area contributed by atoms with Crippen molar-refractivity contribution >= 4 is 28.8 Å². The van der Waals surface area contributed by atoms with Crippen LogP contribution >= 0.6 is 0 Å². The lowest BCUT2D eigenvalue weighted by atomic mass is 10.0. The van der Waals surface area contributed by atoms with Gasteiger partial charge in [-0.3, -0.25) is 9.59 Å². The first kappa shape index (κ1) is 22.1. The molecule has 0 saturated heterocycles. The van der Waals surface area contributed by atoms with Crippen LogP contribution in [0.1, 0.15) is 18.9 Å². The highest BCUT2D eigenvalue weighted by Gasteiger charge is 2.40. The van der Waals surface area contributed by atoms with Gasteiger partial charge in [0.25, 0.3) is 11.8 Å². The lowest BCUT2D eigenvalue weighted by Crippen LogP contribution is -2.32. The summed E-state index contributed by atoms with van der Waals surface area (Å²) in [4.78, 5) is 27.3. The molecule has 33 heavy (non-hydrogen) atoms. The highest BCUT2D eigenvalue weighted by Crippen LogP contribution is 2.34. The Kier molecular flexibility index (Phi) is 6.17. The van der Waals surface area contributed by atoms with Gasteiger partial charge in [-0.1, -0.05) is 25.1 Å². The molecule has 0 aliphatic carbocycles. The molecule has 3 aromatic carbocycles. The van der Waals surface area contributed by atoms with Crippen molar-refractivity contribution in [2.75, 3.05) is 16.8 Å². The number of benzene rings is 3. The van der Waals surface area contributed by atoms with E-state index in [1.54, 1.807) is 24.3 Å². The standard InChI is InChI=1S/C25H19F3N2O3/c1-2-12-33-19-5-3-4-17(13-19)29-23-22(15-6-8-16(26)9-7-15)24(31)30(25(23)32)18-10-11-20(27)21(28)14-18/h3-11,13-14,29H,2,12H2,1H3. The SMILES string of the molecule is CCCOc1cccc(NC2=C(c3ccc(F)cc3)C(=O)N(c3ccc(F)c(F)c3)C2=O)c1. The van der Waals surface area contributed by atoms with E-state index in [1.165, 1.54) is 12.1 Å². The van der Waals surface area contributed by atoms with Gasteiger partial charge in [-0.2, -0.15) is 0 Å². The Morgan fingerprint density at radius 2 is 1.64 bits per heavy atom. The molecule has 3 aromatic rings. The third-order valence-corrected chi connectivity index (χ3v) is 4.95. The summed E-state index contributed by atoms with van der Waals surface area (Å²) in [5.41, 5.74) is 0.543. The Hall–Kier alpha value is -4.07. The first-order valence-corrected chi connectivity index (χ1v) is 10.2. The molecular formula is C25H19F3N2O3. The van der Waals surface area contributed by atoms with Crippen molar-refractivity contribution < 1.29 is 27.5 Å². The smallest absolute Gasteiger partial charge is 0.282 e. The first-order chi connectivity index (χ1) is 15.9. The van der Waals surface area contributed by atoms with Crippen LogP contribution in [0.4, 0.5) is 24.5 Å². The molecule has 2 amide bonds. The molecular weight excluding hydrogens is 433 g/mol. The molecule has 0 unspecified atom stereocenters. The van der Waals surface area contributed by atoms with Gasteiger partial charge in [0.2, 0.25) is 0 Å². The lowest BCUT2D eigenvalue weighted by Gasteiger charge is -2.16. The van der Waals surface area contributed by atoms with Gasteiger partial charge < -0.3 is 10.1 Å². The summed E-state index contributed by atoms with van der Waals surface area (Å²) in [7, 11) is 0. The van der Waals surface area contributed by atoms with E-state index in [4.69, 9.17) is 4.74 Å². The van der Waals surface area contributed by atoms with Crippen molar-refractivity contribution in [2.45, 2.75) is 13.3 Å². The van der Waals surface area contributed by atoms with Crippen LogP contribution in [0, 0.1) is 17.5 Å². The van der Waals surface area contributed by atoms with Crippen molar-refractivity contribution in [1.82, 2.24) is 0 Å². The largest absolute Gasteiger partial charge is 0.494 e. The fraction of sp³-hybridized carbons (Fsp3) is 0.120. The van der Waals surface area contributed by atoms with Crippen molar-refractivity contribution in [3.63, 3.8) is 0 Å². The number of hydrogen-bond donors (Lipinski definition) is 1. The van der Waals surface area contributed by atoms with Gasteiger partial charge in [0, 0.05) is 17.8 Å². The summed E-state index contributed by atoms with van der Waals surface area (Å²) in [5, 5.41) is 2.95. The Balaban J connectivity index is 1.77. The van der Waals surface area contributed by atoms with Crippen LogP contribution in [0.5, 0.6) is 5.75 Å². The zero-order chi connectivity index (χ0) is 23.5. The molecule has 1 aliphatic heterocycles. The van der Waals surface area contributed by atoms with Crippen molar-refractivity contribution in [1.29, 1.82) is 0 Å². The fourth-order valence-electron chi connectivity index (χ4n) is 3.42. The lowest BCUT2D eigenvalue weighted by molar-refractivity contribution is -0.120. The van der Waals surface area contributed by atoms with Gasteiger partial charge in [-0.15, -0.1) is 0 Å². The number of rotatable bonds is 7. The van der Waals surface area contributed by atoms with Crippen LogP contribution in [0.3, 0.4) is 0 Å². The minimum atomic E-state index is -1.20. The topological polar surface area (TPSA) is 58.6 Å². The molecule has 0 bridgehead atoms. The maximum absolute atomic E-state index is 13.8. The Morgan fingerprint density at radius 3 is 2.33 bits per heavy atom. The van der Waals surface area contributed by atoms with E-state index in [0.29, 0.717) is 23.6 Å². The number of nitrogens with zero attached hydrogens (tertiary/aromatic N) is 1. The molecule has 0 aromatic heterocycles. The number of carbonyl (C=O) groups excluding carboxylic acids is 2. The van der Waals surface area contributed by atoms with E-state index < -0.39 is 29.3 Å². The molecule has 0 atom stereocenters. The maximum atomic E-state index is 13.8. The highest BCUT2D eigenvalue weighted by atomic mass is 19.2. The van der Waals surface area contributed by atoms with Crippen molar-refractivity contribution in [2.24, 2.45) is 0 Å². The van der Waals surface area contributed by atoms with Crippen LogP contribution in [0.15, 0.2) is 72.4 Å². The number of ether oxygens (including phenoxy) is 1. The average Bonchev–Trinajstić information content (AvgIpc) is 3.04. The van der Waals surface area contributed by atoms with E-state index in [0.717, 1.165) is 41.7 Å². The molecule has 1 N–H and O–H groups in total. The molecule has 4 rings (SSSR count). The molecule has 8 heteroatoms. The zero-order valence-electron chi connectivity index (χ0n) is 17.6. The Labute approximate surface area is 188 Å². The van der Waals surface area contributed by atoms with Crippen molar-refractivity contribution in [3.05, 3.63) is 95.4 Å². The van der Waals surface area contributed by atoms with E-state index in [1.807, 2.05) is 6.92 Å². The monoisotopic (exact) mass is 452 g/mol. The van der Waals surface area contributed by atoms with Crippen LogP contribution in [0.25, 0.3) is 5.57 Å². The molecule has 0 fully saturated rings. The van der Waals surface area contributed by atoms with Crippen LogP contribution in [0.2, 0.25) is 0 Å². The second-order valence-corrected chi connectivity index (χ2v) is 7.30. The third-order valence-electron chi connectivity index (χ3n) is 4.95. The van der Waals surface area contributed by atoms with Gasteiger partial charge in [0.1, 0.15) is 17.3 Å². The van der Waals surface area contributed by atoms with Crippen LogP contribution in [-0.4, -0.2) is 18.4 Å². The van der Waals surface area contributed by atoms with E-state index in [2.05, 4.69) is 5.32 Å². The molecule has 0 saturated carbocycles. The molecule has 0 spiro atoms. The fourth-order valence-corrected chi connectivity index (χ4v) is 3.42. The zero-order valence-corrected chi connectivity index (χ0v) is 17.6. The number of hydrogen-bond acceptors (Lipinski definition) is 4. The van der Waals surface area contributed by atoms with E-state index >= 15 is 0 Å². The van der Waals surface area contributed by atoms with E-state index in [-0.39, 0.29) is 17.0 Å². The summed E-state index contributed by atoms with van der Waals surface area (Å²) in [6.45, 7) is 2.48. The quantitative estimate of drug-likeness (QED) is 0.495. The number of halogens is 3. The summed E-state index contributed by atoms with van der Waals surface area (Å²) in [5.74, 6) is -3.75. The Bertz CT molecular complexity index is 1260. The van der Waals surface area contributed by atoms with Crippen LogP contribution < -0.4 is 15.0 Å². The summed E-state index contributed by atoms with van der Waals surface area (Å²) in [6, 6.07) is 14.6. The maximum Gasteiger partial charge on any atom is 0.282 e. The normalized spacial score (nSPS) is 13.6. The van der Waals surface area contributed by atoms with Gasteiger partial charge in [0.05, 0.1) is 17.9 Å². The second kappa shape index (κ2) is 9.20. The Morgan fingerprint density at radius 1 is 0.879 bits per heavy atom. The first-order valence-electron chi connectivity index (χ1n) is 10.2. The number of anilines is 2. The summed E-state index contributed by atoms with van der Waals surface area (Å²) < 4.78 is 46.3. The average molecular weight is 452 g/mol. The number of carbonyl (C=O) groups is 2.